The molecule has 0 heterocycles. The number of benzene rings is 2. The topological polar surface area (TPSA) is 55.2 Å². The Morgan fingerprint density at radius 2 is 1.90 bits per heavy atom. The van der Waals surface area contributed by atoms with Gasteiger partial charge in [0.2, 0.25) is 0 Å². The second kappa shape index (κ2) is 6.96. The average Bonchev–Trinajstić information content (AvgIpc) is 2.46. The summed E-state index contributed by atoms with van der Waals surface area (Å²) in [4.78, 5) is 12.6. The molecule has 0 atom stereocenters. The number of nitrogens with zero attached hydrogens (tertiary/aromatic N) is 1. The molecule has 0 bridgehead atoms. The van der Waals surface area contributed by atoms with E-state index < -0.39 is 0 Å². The zero-order valence-electron chi connectivity index (χ0n) is 11.2. The van der Waals surface area contributed by atoms with E-state index in [0.717, 1.165) is 28.4 Å². The summed E-state index contributed by atoms with van der Waals surface area (Å²) in [6, 6.07) is 15.0. The fourth-order valence-corrected chi connectivity index (χ4v) is 2.67. The Morgan fingerprint density at radius 3 is 2.55 bits per heavy atom. The van der Waals surface area contributed by atoms with Crippen molar-refractivity contribution in [1.29, 1.82) is 0 Å². The normalized spacial score (nSPS) is 10.2. The zero-order valence-corrected chi connectivity index (χ0v) is 12.0. The van der Waals surface area contributed by atoms with Gasteiger partial charge in [0.25, 0.3) is 5.69 Å². The number of nitro groups is 1. The van der Waals surface area contributed by atoms with Crippen molar-refractivity contribution in [3.8, 4) is 0 Å². The van der Waals surface area contributed by atoms with Crippen LogP contribution in [0.25, 0.3) is 0 Å². The molecule has 0 saturated carbocycles. The standard InChI is InChI=1S/C15H16N2O2S/c1-2-8-16-12-9-13(17(18)19)11-15(10-12)20-14-6-4-3-5-7-14/h3-7,9-11,16H,2,8H2,1H3. The highest BCUT2D eigenvalue weighted by molar-refractivity contribution is 7.99. The molecular formula is C15H16N2O2S. The number of hydrogen-bond donors (Lipinski definition) is 1. The summed E-state index contributed by atoms with van der Waals surface area (Å²) < 4.78 is 0. The van der Waals surface area contributed by atoms with Gasteiger partial charge in [-0.15, -0.1) is 0 Å². The first-order chi connectivity index (χ1) is 9.69. The van der Waals surface area contributed by atoms with Crippen LogP contribution in [0.2, 0.25) is 0 Å². The number of anilines is 1. The van der Waals surface area contributed by atoms with Crippen LogP contribution < -0.4 is 5.32 Å². The van der Waals surface area contributed by atoms with Gasteiger partial charge in [-0.05, 0) is 24.6 Å². The van der Waals surface area contributed by atoms with Gasteiger partial charge >= 0.3 is 0 Å². The summed E-state index contributed by atoms with van der Waals surface area (Å²) in [7, 11) is 0. The van der Waals surface area contributed by atoms with Crippen molar-refractivity contribution in [2.75, 3.05) is 11.9 Å². The smallest absolute Gasteiger partial charge is 0.272 e. The summed E-state index contributed by atoms with van der Waals surface area (Å²) in [5, 5.41) is 14.2. The zero-order chi connectivity index (χ0) is 14.4. The Morgan fingerprint density at radius 1 is 1.15 bits per heavy atom. The number of nitrogens with one attached hydrogen (secondary N) is 1. The molecule has 1 N–H and O–H groups in total. The van der Waals surface area contributed by atoms with E-state index in [0.29, 0.717) is 0 Å². The van der Waals surface area contributed by atoms with Crippen LogP contribution in [0.3, 0.4) is 0 Å². The maximum Gasteiger partial charge on any atom is 0.272 e. The van der Waals surface area contributed by atoms with Gasteiger partial charge < -0.3 is 5.32 Å². The average molecular weight is 288 g/mol. The van der Waals surface area contributed by atoms with Crippen LogP contribution in [-0.2, 0) is 0 Å². The lowest BCUT2D eigenvalue weighted by molar-refractivity contribution is -0.385. The maximum atomic E-state index is 11.0. The minimum absolute atomic E-state index is 0.115. The molecule has 2 aromatic rings. The van der Waals surface area contributed by atoms with E-state index in [2.05, 4.69) is 12.2 Å². The Kier molecular flexibility index (Phi) is 5.01. The van der Waals surface area contributed by atoms with Crippen LogP contribution >= 0.6 is 11.8 Å². The van der Waals surface area contributed by atoms with Crippen molar-refractivity contribution in [1.82, 2.24) is 0 Å². The van der Waals surface area contributed by atoms with Crippen LogP contribution in [0.4, 0.5) is 11.4 Å². The Bertz CT molecular complexity index is 588. The first-order valence-electron chi connectivity index (χ1n) is 6.45. The van der Waals surface area contributed by atoms with Gasteiger partial charge in [-0.3, -0.25) is 10.1 Å². The Labute approximate surface area is 122 Å². The highest BCUT2D eigenvalue weighted by atomic mass is 32.2. The third-order valence-electron chi connectivity index (χ3n) is 2.66. The molecule has 0 fully saturated rings. The van der Waals surface area contributed by atoms with Gasteiger partial charge in [0, 0.05) is 34.2 Å². The fourth-order valence-electron chi connectivity index (χ4n) is 1.74. The first-order valence-corrected chi connectivity index (χ1v) is 7.27. The van der Waals surface area contributed by atoms with Crippen molar-refractivity contribution in [3.05, 3.63) is 58.6 Å². The van der Waals surface area contributed by atoms with Crippen LogP contribution in [0, 0.1) is 10.1 Å². The summed E-state index contributed by atoms with van der Waals surface area (Å²) >= 11 is 1.52. The maximum absolute atomic E-state index is 11.0. The molecule has 0 amide bonds. The van der Waals surface area contributed by atoms with Gasteiger partial charge in [-0.2, -0.15) is 0 Å². The molecule has 0 radical (unpaired) electrons. The molecule has 0 saturated heterocycles. The summed E-state index contributed by atoms with van der Waals surface area (Å²) in [6.07, 6.45) is 0.976. The van der Waals surface area contributed by atoms with Crippen LogP contribution in [-0.4, -0.2) is 11.5 Å². The molecule has 0 aliphatic rings. The van der Waals surface area contributed by atoms with Crippen LogP contribution in [0.5, 0.6) is 0 Å². The van der Waals surface area contributed by atoms with E-state index in [9.17, 15) is 10.1 Å². The minimum atomic E-state index is -0.355. The third kappa shape index (κ3) is 3.99. The second-order valence-electron chi connectivity index (χ2n) is 4.31. The second-order valence-corrected chi connectivity index (χ2v) is 5.46. The number of rotatable bonds is 6. The van der Waals surface area contributed by atoms with E-state index in [1.165, 1.54) is 11.8 Å². The highest BCUT2D eigenvalue weighted by Gasteiger charge is 2.10. The molecule has 0 aliphatic heterocycles. The first kappa shape index (κ1) is 14.4. The van der Waals surface area contributed by atoms with Crippen molar-refractivity contribution in [2.24, 2.45) is 0 Å². The van der Waals surface area contributed by atoms with Crippen molar-refractivity contribution in [2.45, 2.75) is 23.1 Å². The van der Waals surface area contributed by atoms with Crippen LogP contribution in [0.1, 0.15) is 13.3 Å². The molecule has 0 unspecified atom stereocenters. The van der Waals surface area contributed by atoms with Crippen molar-refractivity contribution >= 4 is 23.1 Å². The Balaban J connectivity index is 2.26. The third-order valence-corrected chi connectivity index (χ3v) is 3.64. The molecule has 0 aromatic heterocycles. The monoisotopic (exact) mass is 288 g/mol. The molecule has 0 aliphatic carbocycles. The summed E-state index contributed by atoms with van der Waals surface area (Å²) in [6.45, 7) is 2.86. The Hall–Kier alpha value is -2.01. The quantitative estimate of drug-likeness (QED) is 0.625. The predicted molar refractivity (Wildman–Crippen MR) is 82.4 cm³/mol. The summed E-state index contributed by atoms with van der Waals surface area (Å²) in [5.74, 6) is 0. The van der Waals surface area contributed by atoms with E-state index in [1.807, 2.05) is 36.4 Å². The van der Waals surface area contributed by atoms with E-state index in [4.69, 9.17) is 0 Å². The van der Waals surface area contributed by atoms with Gasteiger partial charge in [0.1, 0.15) is 0 Å². The molecule has 104 valence electrons. The fraction of sp³-hybridized carbons (Fsp3) is 0.200. The molecule has 2 rings (SSSR count). The number of nitro benzene ring substituents is 1. The summed E-state index contributed by atoms with van der Waals surface area (Å²) in [5.41, 5.74) is 0.906. The van der Waals surface area contributed by atoms with Gasteiger partial charge in [-0.25, -0.2) is 0 Å². The molecule has 0 spiro atoms. The van der Waals surface area contributed by atoms with Crippen molar-refractivity contribution in [3.63, 3.8) is 0 Å². The largest absolute Gasteiger partial charge is 0.385 e. The highest BCUT2D eigenvalue weighted by Crippen LogP contribution is 2.32. The van der Waals surface area contributed by atoms with E-state index in [1.54, 1.807) is 12.1 Å². The SMILES string of the molecule is CCCNc1cc(Sc2ccccc2)cc([N+](=O)[O-])c1. The van der Waals surface area contributed by atoms with E-state index >= 15 is 0 Å². The number of non-ortho nitro benzene ring substituents is 1. The lowest BCUT2D eigenvalue weighted by Crippen LogP contribution is -2.00. The number of hydrogen-bond acceptors (Lipinski definition) is 4. The lowest BCUT2D eigenvalue weighted by Gasteiger charge is -2.08. The predicted octanol–water partition coefficient (Wildman–Crippen LogP) is 4.57. The molecule has 5 heteroatoms. The molecule has 2 aromatic carbocycles. The van der Waals surface area contributed by atoms with Crippen molar-refractivity contribution < 1.29 is 4.92 Å². The van der Waals surface area contributed by atoms with Gasteiger partial charge in [0.05, 0.1) is 4.92 Å². The molecule has 20 heavy (non-hydrogen) atoms. The molecule has 4 nitrogen and oxygen atoms in total. The van der Waals surface area contributed by atoms with Gasteiger partial charge in [-0.1, -0.05) is 36.9 Å². The van der Waals surface area contributed by atoms with E-state index in [-0.39, 0.29) is 10.6 Å². The minimum Gasteiger partial charge on any atom is -0.385 e. The lowest BCUT2D eigenvalue weighted by atomic mass is 10.2. The molecular weight excluding hydrogens is 272 g/mol. The van der Waals surface area contributed by atoms with Gasteiger partial charge in [0.15, 0.2) is 0 Å². The van der Waals surface area contributed by atoms with Crippen LogP contribution in [0.15, 0.2) is 58.3 Å².